The molecular weight excluding hydrogens is 138 g/mol. The topological polar surface area (TPSA) is 35.2 Å². The molecule has 2 nitrogen and oxygen atoms in total. The van der Waals surface area contributed by atoms with E-state index in [2.05, 4.69) is 6.08 Å². The van der Waals surface area contributed by atoms with Gasteiger partial charge in [-0.2, -0.15) is 0 Å². The van der Waals surface area contributed by atoms with Gasteiger partial charge in [-0.15, -0.1) is 0 Å². The van der Waals surface area contributed by atoms with Crippen molar-refractivity contribution < 1.29 is 4.74 Å². The highest BCUT2D eigenvalue weighted by atomic mass is 16.5. The summed E-state index contributed by atoms with van der Waals surface area (Å²) in [5, 5.41) is 0. The van der Waals surface area contributed by atoms with Crippen molar-refractivity contribution in [3.05, 3.63) is 11.6 Å². The second-order valence-electron chi connectivity index (χ2n) is 3.03. The molecule has 0 atom stereocenters. The Morgan fingerprint density at radius 2 is 2.18 bits per heavy atom. The molecule has 1 fully saturated rings. The van der Waals surface area contributed by atoms with Crippen molar-refractivity contribution in [3.63, 3.8) is 0 Å². The van der Waals surface area contributed by atoms with Crippen LogP contribution in [-0.4, -0.2) is 19.8 Å². The van der Waals surface area contributed by atoms with Crippen molar-refractivity contribution in [1.29, 1.82) is 0 Å². The number of nitrogens with two attached hydrogens (primary N) is 1. The largest absolute Gasteiger partial charge is 0.381 e. The van der Waals surface area contributed by atoms with E-state index in [9.17, 15) is 0 Å². The molecule has 1 rings (SSSR count). The maximum atomic E-state index is 5.42. The molecule has 0 aromatic rings. The van der Waals surface area contributed by atoms with Crippen LogP contribution in [0.1, 0.15) is 25.7 Å². The average Bonchev–Trinajstić information content (AvgIpc) is 2.07. The molecule has 2 N–H and O–H groups in total. The molecule has 0 aliphatic heterocycles. The van der Waals surface area contributed by atoms with E-state index in [4.69, 9.17) is 10.5 Å². The quantitative estimate of drug-likeness (QED) is 0.613. The lowest BCUT2D eigenvalue weighted by Crippen LogP contribution is -2.16. The van der Waals surface area contributed by atoms with Crippen molar-refractivity contribution in [2.24, 2.45) is 5.73 Å². The monoisotopic (exact) mass is 155 g/mol. The maximum absolute atomic E-state index is 5.42. The van der Waals surface area contributed by atoms with Gasteiger partial charge < -0.3 is 10.5 Å². The predicted octanol–water partition coefficient (Wildman–Crippen LogP) is 1.46. The number of rotatable bonds is 2. The number of ether oxygens (including phenoxy) is 1. The SMILES string of the molecule is COC1CCC(=CCN)CC1. The van der Waals surface area contributed by atoms with E-state index in [0.29, 0.717) is 12.6 Å². The van der Waals surface area contributed by atoms with Crippen molar-refractivity contribution >= 4 is 0 Å². The molecule has 0 heterocycles. The third-order valence-corrected chi connectivity index (χ3v) is 2.31. The van der Waals surface area contributed by atoms with Crippen molar-refractivity contribution in [3.8, 4) is 0 Å². The van der Waals surface area contributed by atoms with Crippen LogP contribution in [0.4, 0.5) is 0 Å². The molecule has 1 saturated carbocycles. The van der Waals surface area contributed by atoms with Crippen molar-refractivity contribution in [2.45, 2.75) is 31.8 Å². The van der Waals surface area contributed by atoms with Crippen LogP contribution in [0.3, 0.4) is 0 Å². The van der Waals surface area contributed by atoms with Gasteiger partial charge in [-0.1, -0.05) is 11.6 Å². The fourth-order valence-corrected chi connectivity index (χ4v) is 1.57. The van der Waals surface area contributed by atoms with Crippen molar-refractivity contribution in [2.75, 3.05) is 13.7 Å². The Bertz CT molecular complexity index is 132. The third kappa shape index (κ3) is 2.64. The Balaban J connectivity index is 2.30. The Morgan fingerprint density at radius 3 is 2.64 bits per heavy atom. The summed E-state index contributed by atoms with van der Waals surface area (Å²) in [5.41, 5.74) is 6.93. The fraction of sp³-hybridized carbons (Fsp3) is 0.778. The van der Waals surface area contributed by atoms with Gasteiger partial charge in [0, 0.05) is 13.7 Å². The van der Waals surface area contributed by atoms with E-state index in [-0.39, 0.29) is 0 Å². The maximum Gasteiger partial charge on any atom is 0.0577 e. The number of hydrogen-bond donors (Lipinski definition) is 1. The third-order valence-electron chi connectivity index (χ3n) is 2.31. The van der Waals surface area contributed by atoms with Crippen LogP contribution in [0, 0.1) is 0 Å². The Labute approximate surface area is 68.4 Å². The first-order valence-corrected chi connectivity index (χ1v) is 4.27. The molecular formula is C9H17NO. The van der Waals surface area contributed by atoms with Crippen LogP contribution >= 0.6 is 0 Å². The number of allylic oxidation sites excluding steroid dienone is 1. The molecule has 0 bridgehead atoms. The summed E-state index contributed by atoms with van der Waals surface area (Å²) in [6.45, 7) is 0.687. The van der Waals surface area contributed by atoms with Gasteiger partial charge in [-0.05, 0) is 25.7 Å². The minimum Gasteiger partial charge on any atom is -0.381 e. The van der Waals surface area contributed by atoms with Crippen LogP contribution in [0.25, 0.3) is 0 Å². The molecule has 1 aliphatic rings. The first-order chi connectivity index (χ1) is 5.36. The van der Waals surface area contributed by atoms with E-state index < -0.39 is 0 Å². The summed E-state index contributed by atoms with van der Waals surface area (Å²) < 4.78 is 5.26. The minimum atomic E-state index is 0.491. The normalized spacial score (nSPS) is 25.3. The summed E-state index contributed by atoms with van der Waals surface area (Å²) in [7, 11) is 1.79. The van der Waals surface area contributed by atoms with Crippen LogP contribution in [0.2, 0.25) is 0 Å². The molecule has 0 unspecified atom stereocenters. The molecule has 0 saturated heterocycles. The smallest absolute Gasteiger partial charge is 0.0577 e. The van der Waals surface area contributed by atoms with Crippen LogP contribution in [0.5, 0.6) is 0 Å². The summed E-state index contributed by atoms with van der Waals surface area (Å²) in [4.78, 5) is 0. The van der Waals surface area contributed by atoms with Gasteiger partial charge in [0.05, 0.1) is 6.10 Å². The lowest BCUT2D eigenvalue weighted by atomic mass is 9.92. The summed E-state index contributed by atoms with van der Waals surface area (Å²) in [6.07, 6.45) is 7.33. The highest BCUT2D eigenvalue weighted by Gasteiger charge is 2.14. The standard InChI is InChI=1S/C9H17NO/c1-11-9-4-2-8(3-5-9)6-7-10/h6,9H,2-5,7,10H2,1H3. The van der Waals surface area contributed by atoms with E-state index in [0.717, 1.165) is 0 Å². The van der Waals surface area contributed by atoms with Gasteiger partial charge >= 0.3 is 0 Å². The molecule has 2 heteroatoms. The summed E-state index contributed by atoms with van der Waals surface area (Å²) in [5.74, 6) is 0. The number of hydrogen-bond acceptors (Lipinski definition) is 2. The summed E-state index contributed by atoms with van der Waals surface area (Å²) >= 11 is 0. The predicted molar refractivity (Wildman–Crippen MR) is 46.4 cm³/mol. The van der Waals surface area contributed by atoms with E-state index in [1.807, 2.05) is 0 Å². The first kappa shape index (κ1) is 8.75. The van der Waals surface area contributed by atoms with E-state index in [1.165, 1.54) is 31.3 Å². The highest BCUT2D eigenvalue weighted by molar-refractivity contribution is 5.05. The molecule has 0 amide bonds. The summed E-state index contributed by atoms with van der Waals surface area (Å²) in [6, 6.07) is 0. The van der Waals surface area contributed by atoms with E-state index >= 15 is 0 Å². The Morgan fingerprint density at radius 1 is 1.55 bits per heavy atom. The van der Waals surface area contributed by atoms with Gasteiger partial charge in [0.25, 0.3) is 0 Å². The van der Waals surface area contributed by atoms with Crippen molar-refractivity contribution in [1.82, 2.24) is 0 Å². The number of methoxy groups -OCH3 is 1. The zero-order valence-electron chi connectivity index (χ0n) is 7.18. The lowest BCUT2D eigenvalue weighted by molar-refractivity contribution is 0.0801. The molecule has 11 heavy (non-hydrogen) atoms. The van der Waals surface area contributed by atoms with Gasteiger partial charge in [-0.25, -0.2) is 0 Å². The zero-order valence-corrected chi connectivity index (χ0v) is 7.18. The Hall–Kier alpha value is -0.340. The molecule has 0 aromatic carbocycles. The van der Waals surface area contributed by atoms with Gasteiger partial charge in [0.15, 0.2) is 0 Å². The molecule has 0 radical (unpaired) electrons. The molecule has 0 aromatic heterocycles. The fourth-order valence-electron chi connectivity index (χ4n) is 1.57. The molecule has 64 valence electrons. The van der Waals surface area contributed by atoms with Gasteiger partial charge in [0.2, 0.25) is 0 Å². The average molecular weight is 155 g/mol. The van der Waals surface area contributed by atoms with E-state index in [1.54, 1.807) is 7.11 Å². The Kier molecular flexibility index (Phi) is 3.60. The van der Waals surface area contributed by atoms with Gasteiger partial charge in [0.1, 0.15) is 0 Å². The van der Waals surface area contributed by atoms with Crippen LogP contribution in [-0.2, 0) is 4.74 Å². The second kappa shape index (κ2) is 4.52. The lowest BCUT2D eigenvalue weighted by Gasteiger charge is -2.22. The first-order valence-electron chi connectivity index (χ1n) is 4.27. The van der Waals surface area contributed by atoms with Gasteiger partial charge in [-0.3, -0.25) is 0 Å². The van der Waals surface area contributed by atoms with Crippen LogP contribution in [0.15, 0.2) is 11.6 Å². The second-order valence-corrected chi connectivity index (χ2v) is 3.03. The molecule has 1 aliphatic carbocycles. The van der Waals surface area contributed by atoms with Crippen LogP contribution < -0.4 is 5.73 Å². The highest BCUT2D eigenvalue weighted by Crippen LogP contribution is 2.24. The minimum absolute atomic E-state index is 0.491. The zero-order chi connectivity index (χ0) is 8.10. The molecule has 0 spiro atoms.